The van der Waals surface area contributed by atoms with Gasteiger partial charge in [0.1, 0.15) is 12.5 Å². The molecule has 0 spiro atoms. The van der Waals surface area contributed by atoms with Crippen LogP contribution in [0.3, 0.4) is 0 Å². The van der Waals surface area contributed by atoms with Crippen LogP contribution in [0.2, 0.25) is 0 Å². The van der Waals surface area contributed by atoms with E-state index in [1.54, 1.807) is 0 Å². The van der Waals surface area contributed by atoms with Crippen LogP contribution in [-0.2, 0) is 0 Å². The van der Waals surface area contributed by atoms with E-state index in [1.807, 2.05) is 0 Å². The van der Waals surface area contributed by atoms with Crippen molar-refractivity contribution in [3.8, 4) is 0 Å². The summed E-state index contributed by atoms with van der Waals surface area (Å²) in [6.45, 7) is 12.5. The second-order valence-corrected chi connectivity index (χ2v) is 8.62. The van der Waals surface area contributed by atoms with E-state index in [1.165, 1.54) is 60.7 Å². The smallest absolute Gasteiger partial charge is 0.110 e. The number of benzene rings is 1. The van der Waals surface area contributed by atoms with Crippen molar-refractivity contribution in [3.63, 3.8) is 0 Å². The summed E-state index contributed by atoms with van der Waals surface area (Å²) in [6, 6.07) is 6.83. The van der Waals surface area contributed by atoms with Crippen LogP contribution in [0.15, 0.2) is 54.1 Å². The van der Waals surface area contributed by atoms with Crippen molar-refractivity contribution in [1.82, 2.24) is 9.80 Å². The van der Waals surface area contributed by atoms with Crippen LogP contribution in [0.5, 0.6) is 0 Å². The standard InChI is InChI=1S/C24H33N3/c1-18(2)21-11-9-12-22(19(3)4)24(21)26-16-20-10-8-13-23(27(20)17-26)25-14-6-5-7-15-25/h8-13,16,18-19H,5-7,14-15,17H2,1-4H3. The molecule has 1 fully saturated rings. The molecule has 4 rings (SSSR count). The quantitative estimate of drug-likeness (QED) is 0.674. The van der Waals surface area contributed by atoms with Crippen LogP contribution < -0.4 is 4.90 Å². The molecule has 27 heavy (non-hydrogen) atoms. The van der Waals surface area contributed by atoms with Gasteiger partial charge in [0, 0.05) is 25.0 Å². The normalized spacial score (nSPS) is 19.7. The van der Waals surface area contributed by atoms with E-state index in [0.717, 1.165) is 6.67 Å². The van der Waals surface area contributed by atoms with Gasteiger partial charge in [0.15, 0.2) is 0 Å². The lowest BCUT2D eigenvalue weighted by atomic mass is 9.92. The molecule has 3 heteroatoms. The highest BCUT2D eigenvalue weighted by atomic mass is 15.4. The van der Waals surface area contributed by atoms with Crippen molar-refractivity contribution < 1.29 is 0 Å². The SMILES string of the molecule is CC(C)c1cccc(C(C)C)c1N1C=C2C=CC=C(N3CCCCC3)N2C1. The van der Waals surface area contributed by atoms with Gasteiger partial charge in [-0.05, 0) is 54.4 Å². The highest BCUT2D eigenvalue weighted by molar-refractivity contribution is 5.65. The number of para-hydroxylation sites is 1. The number of hydrogen-bond acceptors (Lipinski definition) is 3. The number of allylic oxidation sites excluding steroid dienone is 3. The van der Waals surface area contributed by atoms with Crippen LogP contribution in [0.4, 0.5) is 5.69 Å². The fraction of sp³-hybridized carbons (Fsp3) is 0.500. The summed E-state index contributed by atoms with van der Waals surface area (Å²) < 4.78 is 0. The van der Waals surface area contributed by atoms with Crippen molar-refractivity contribution in [3.05, 3.63) is 65.3 Å². The Labute approximate surface area is 164 Å². The third kappa shape index (κ3) is 3.40. The first-order chi connectivity index (χ1) is 13.1. The average molecular weight is 364 g/mol. The summed E-state index contributed by atoms with van der Waals surface area (Å²) >= 11 is 0. The molecule has 1 saturated heterocycles. The highest BCUT2D eigenvalue weighted by Crippen LogP contribution is 2.39. The summed E-state index contributed by atoms with van der Waals surface area (Å²) in [6.07, 6.45) is 13.1. The number of nitrogens with zero attached hydrogens (tertiary/aromatic N) is 3. The van der Waals surface area contributed by atoms with Crippen LogP contribution in [0.1, 0.15) is 69.9 Å². The Morgan fingerprint density at radius 1 is 0.889 bits per heavy atom. The topological polar surface area (TPSA) is 9.72 Å². The van der Waals surface area contributed by atoms with Gasteiger partial charge in [-0.15, -0.1) is 0 Å². The molecule has 0 aromatic heterocycles. The molecule has 1 aromatic rings. The Balaban J connectivity index is 1.68. The summed E-state index contributed by atoms with van der Waals surface area (Å²) in [5.41, 5.74) is 5.62. The van der Waals surface area contributed by atoms with Gasteiger partial charge >= 0.3 is 0 Å². The number of piperidine rings is 1. The third-order valence-electron chi connectivity index (χ3n) is 5.99. The minimum absolute atomic E-state index is 0.516. The lowest BCUT2D eigenvalue weighted by Gasteiger charge is -2.38. The molecular formula is C24H33N3. The maximum Gasteiger partial charge on any atom is 0.110 e. The van der Waals surface area contributed by atoms with E-state index in [0.29, 0.717) is 11.8 Å². The minimum Gasteiger partial charge on any atom is -0.358 e. The summed E-state index contributed by atoms with van der Waals surface area (Å²) in [5, 5.41) is 0. The first-order valence-corrected chi connectivity index (χ1v) is 10.6. The van der Waals surface area contributed by atoms with E-state index in [2.05, 4.69) is 85.0 Å². The first-order valence-electron chi connectivity index (χ1n) is 10.6. The van der Waals surface area contributed by atoms with Gasteiger partial charge in [0.05, 0.1) is 5.70 Å². The molecule has 3 aliphatic rings. The van der Waals surface area contributed by atoms with E-state index in [-0.39, 0.29) is 0 Å². The maximum absolute atomic E-state index is 2.57. The average Bonchev–Trinajstić information content (AvgIpc) is 3.12. The highest BCUT2D eigenvalue weighted by Gasteiger charge is 2.30. The zero-order valence-corrected chi connectivity index (χ0v) is 17.3. The van der Waals surface area contributed by atoms with E-state index >= 15 is 0 Å². The van der Waals surface area contributed by atoms with Gasteiger partial charge in [-0.25, -0.2) is 0 Å². The molecule has 0 radical (unpaired) electrons. The van der Waals surface area contributed by atoms with E-state index in [4.69, 9.17) is 0 Å². The number of hydrogen-bond donors (Lipinski definition) is 0. The molecule has 0 aliphatic carbocycles. The number of rotatable bonds is 4. The number of likely N-dealkylation sites (tertiary alicyclic amines) is 1. The summed E-state index contributed by atoms with van der Waals surface area (Å²) in [4.78, 5) is 7.54. The molecule has 144 valence electrons. The van der Waals surface area contributed by atoms with Gasteiger partial charge in [-0.1, -0.05) is 52.0 Å². The van der Waals surface area contributed by atoms with Crippen LogP contribution in [0, 0.1) is 0 Å². The van der Waals surface area contributed by atoms with Crippen molar-refractivity contribution in [1.29, 1.82) is 0 Å². The zero-order chi connectivity index (χ0) is 19.0. The van der Waals surface area contributed by atoms with E-state index in [9.17, 15) is 0 Å². The van der Waals surface area contributed by atoms with Crippen LogP contribution in [0.25, 0.3) is 0 Å². The molecular weight excluding hydrogens is 330 g/mol. The van der Waals surface area contributed by atoms with Crippen LogP contribution >= 0.6 is 0 Å². The van der Waals surface area contributed by atoms with Crippen molar-refractivity contribution in [2.24, 2.45) is 0 Å². The molecule has 3 nitrogen and oxygen atoms in total. The molecule has 0 amide bonds. The Morgan fingerprint density at radius 3 is 2.19 bits per heavy atom. The second-order valence-electron chi connectivity index (χ2n) is 8.62. The monoisotopic (exact) mass is 363 g/mol. The largest absolute Gasteiger partial charge is 0.358 e. The Bertz CT molecular complexity index is 753. The number of fused-ring (bicyclic) bond motifs is 1. The maximum atomic E-state index is 2.57. The van der Waals surface area contributed by atoms with Crippen molar-refractivity contribution in [2.75, 3.05) is 24.7 Å². The second kappa shape index (κ2) is 7.46. The predicted molar refractivity (Wildman–Crippen MR) is 115 cm³/mol. The predicted octanol–water partition coefficient (Wildman–Crippen LogP) is 5.75. The summed E-state index contributed by atoms with van der Waals surface area (Å²) in [5.74, 6) is 2.41. The number of anilines is 1. The van der Waals surface area contributed by atoms with Gasteiger partial charge in [-0.2, -0.15) is 0 Å². The van der Waals surface area contributed by atoms with Crippen molar-refractivity contribution in [2.45, 2.75) is 58.8 Å². The van der Waals surface area contributed by atoms with E-state index < -0.39 is 0 Å². The molecule has 0 unspecified atom stereocenters. The lowest BCUT2D eigenvalue weighted by molar-refractivity contribution is 0.217. The molecule has 0 saturated carbocycles. The van der Waals surface area contributed by atoms with Gasteiger partial charge in [0.2, 0.25) is 0 Å². The molecule has 1 aromatic carbocycles. The Kier molecular flexibility index (Phi) is 5.03. The fourth-order valence-corrected chi connectivity index (χ4v) is 4.54. The summed E-state index contributed by atoms with van der Waals surface area (Å²) in [7, 11) is 0. The van der Waals surface area contributed by atoms with Gasteiger partial charge in [0.25, 0.3) is 0 Å². The van der Waals surface area contributed by atoms with Crippen LogP contribution in [-0.4, -0.2) is 29.6 Å². The van der Waals surface area contributed by atoms with Gasteiger partial charge in [-0.3, -0.25) is 0 Å². The molecule has 0 N–H and O–H groups in total. The Morgan fingerprint density at radius 2 is 1.56 bits per heavy atom. The molecule has 0 bridgehead atoms. The van der Waals surface area contributed by atoms with Gasteiger partial charge < -0.3 is 14.7 Å². The zero-order valence-electron chi connectivity index (χ0n) is 17.3. The lowest BCUT2D eigenvalue weighted by Crippen LogP contribution is -2.39. The molecule has 3 aliphatic heterocycles. The minimum atomic E-state index is 0.516. The molecule has 0 atom stereocenters. The van der Waals surface area contributed by atoms with Crippen molar-refractivity contribution >= 4 is 5.69 Å². The first kappa shape index (κ1) is 18.2. The molecule has 3 heterocycles. The Hall–Kier alpha value is -2.16. The third-order valence-corrected chi connectivity index (χ3v) is 5.99. The fourth-order valence-electron chi connectivity index (χ4n) is 4.54.